The van der Waals surface area contributed by atoms with E-state index >= 15 is 0 Å². The number of aromatic nitrogens is 1. The van der Waals surface area contributed by atoms with Gasteiger partial charge in [-0.15, -0.1) is 23.7 Å². The van der Waals surface area contributed by atoms with Crippen LogP contribution in [0, 0.1) is 0 Å². The van der Waals surface area contributed by atoms with E-state index in [-0.39, 0.29) is 24.9 Å². The number of likely N-dealkylation sites (tertiary alicyclic amines) is 1. The second-order valence-electron chi connectivity index (χ2n) is 8.39. The summed E-state index contributed by atoms with van der Waals surface area (Å²) in [5, 5.41) is 8.54. The quantitative estimate of drug-likeness (QED) is 0.360. The van der Waals surface area contributed by atoms with E-state index in [0.717, 1.165) is 41.0 Å². The lowest BCUT2D eigenvalue weighted by Gasteiger charge is -2.37. The topological polar surface area (TPSA) is 124 Å². The van der Waals surface area contributed by atoms with Crippen LogP contribution in [0.15, 0.2) is 28.7 Å². The maximum Gasteiger partial charge on any atom is 0.313 e. The normalized spacial score (nSPS) is 19.7. The van der Waals surface area contributed by atoms with Gasteiger partial charge in [0.25, 0.3) is 5.91 Å². The van der Waals surface area contributed by atoms with Crippen LogP contribution in [0.5, 0.6) is 0 Å². The lowest BCUT2D eigenvalue weighted by Crippen LogP contribution is -2.61. The molecular formula is C22H26BrClN6O4S. The molecule has 0 spiro atoms. The van der Waals surface area contributed by atoms with Crippen LogP contribution in [0.3, 0.4) is 0 Å². The molecule has 13 heteroatoms. The third-order valence-corrected chi connectivity index (χ3v) is 7.46. The number of hydrogen-bond acceptors (Lipinski definition) is 7. The van der Waals surface area contributed by atoms with Crippen molar-refractivity contribution >= 4 is 69.5 Å². The summed E-state index contributed by atoms with van der Waals surface area (Å²) in [6.45, 7) is 2.29. The van der Waals surface area contributed by atoms with Gasteiger partial charge < -0.3 is 25.8 Å². The molecule has 35 heavy (non-hydrogen) atoms. The number of piperidine rings is 1. The summed E-state index contributed by atoms with van der Waals surface area (Å²) < 4.78 is 0.851. The molecule has 3 N–H and O–H groups in total. The fourth-order valence-corrected chi connectivity index (χ4v) is 5.35. The molecule has 0 unspecified atom stereocenters. The van der Waals surface area contributed by atoms with Crippen LogP contribution in [0.4, 0.5) is 5.69 Å². The SMILES string of the molecule is CN1CCc2nc(C(=O)N[C@@H]3CN(C=O)CC[C@@H]3NC(=O)C(=O)Nc3ccc(Br)cc3)sc2C1.Cl. The minimum absolute atomic E-state index is 0. The zero-order chi connectivity index (χ0) is 24.2. The molecule has 0 radical (unpaired) electrons. The molecular weight excluding hydrogens is 560 g/mol. The van der Waals surface area contributed by atoms with E-state index in [1.165, 1.54) is 16.2 Å². The number of nitrogens with zero attached hydrogens (tertiary/aromatic N) is 3. The molecule has 0 aliphatic carbocycles. The van der Waals surface area contributed by atoms with Crippen LogP contribution in [0.2, 0.25) is 0 Å². The highest BCUT2D eigenvalue weighted by atomic mass is 79.9. The maximum atomic E-state index is 13.0. The number of carbonyl (C=O) groups is 4. The summed E-state index contributed by atoms with van der Waals surface area (Å²) in [6.07, 6.45) is 1.92. The fourth-order valence-electron chi connectivity index (χ4n) is 4.00. The van der Waals surface area contributed by atoms with Gasteiger partial charge in [0.2, 0.25) is 6.41 Å². The summed E-state index contributed by atoms with van der Waals surface area (Å²) in [4.78, 5) is 58.5. The third kappa shape index (κ3) is 6.78. The number of likely N-dealkylation sites (N-methyl/N-ethyl adjacent to an activating group) is 1. The summed E-state index contributed by atoms with van der Waals surface area (Å²) in [6, 6.07) is 5.78. The molecule has 1 aromatic heterocycles. The minimum atomic E-state index is -0.806. The number of benzene rings is 1. The minimum Gasteiger partial charge on any atom is -0.343 e. The van der Waals surface area contributed by atoms with Crippen molar-refractivity contribution in [1.29, 1.82) is 0 Å². The number of fused-ring (bicyclic) bond motifs is 1. The van der Waals surface area contributed by atoms with Crippen LogP contribution in [-0.2, 0) is 27.3 Å². The van der Waals surface area contributed by atoms with E-state index < -0.39 is 23.9 Å². The molecule has 4 rings (SSSR count). The molecule has 2 atom stereocenters. The average Bonchev–Trinajstić information content (AvgIpc) is 3.25. The van der Waals surface area contributed by atoms with Crippen molar-refractivity contribution in [1.82, 2.24) is 25.4 Å². The van der Waals surface area contributed by atoms with E-state index in [4.69, 9.17) is 0 Å². The standard InChI is InChI=1S/C22H25BrN6O4S.ClH/c1-28-8-6-16-18(11-28)34-22(27-16)21(33)26-17-10-29(12-30)9-7-15(17)25-20(32)19(31)24-14-4-2-13(23)3-5-14;/h2-5,12,15,17H,6-11H2,1H3,(H,24,31)(H,25,32)(H,26,33);1H/t15-,17+;/m0./s1. The first-order chi connectivity index (χ1) is 16.3. The molecule has 2 aliphatic heterocycles. The predicted octanol–water partition coefficient (Wildman–Crippen LogP) is 1.40. The van der Waals surface area contributed by atoms with Crippen LogP contribution < -0.4 is 16.0 Å². The molecule has 4 amide bonds. The molecule has 3 heterocycles. The van der Waals surface area contributed by atoms with Crippen molar-refractivity contribution in [3.05, 3.63) is 44.3 Å². The average molecular weight is 586 g/mol. The van der Waals surface area contributed by atoms with Gasteiger partial charge in [-0.05, 0) is 37.7 Å². The maximum absolute atomic E-state index is 13.0. The fraction of sp³-hybridized carbons (Fsp3) is 0.409. The molecule has 188 valence electrons. The Hall–Kier alpha value is -2.54. The number of anilines is 1. The van der Waals surface area contributed by atoms with Gasteiger partial charge in [-0.3, -0.25) is 19.2 Å². The largest absolute Gasteiger partial charge is 0.343 e. The first kappa shape index (κ1) is 27.1. The third-order valence-electron chi connectivity index (χ3n) is 5.85. The molecule has 2 aliphatic rings. The van der Waals surface area contributed by atoms with Crippen molar-refractivity contribution in [2.24, 2.45) is 0 Å². The summed E-state index contributed by atoms with van der Waals surface area (Å²) in [5.74, 6) is -1.96. The Morgan fingerprint density at radius 2 is 1.86 bits per heavy atom. The van der Waals surface area contributed by atoms with Crippen LogP contribution in [-0.4, -0.2) is 77.7 Å². The van der Waals surface area contributed by atoms with Gasteiger partial charge in [0.05, 0.1) is 17.8 Å². The zero-order valence-electron chi connectivity index (χ0n) is 19.0. The van der Waals surface area contributed by atoms with Gasteiger partial charge in [0, 0.05) is 47.6 Å². The summed E-state index contributed by atoms with van der Waals surface area (Å²) in [7, 11) is 2.03. The Balaban J connectivity index is 0.00000342. The highest BCUT2D eigenvalue weighted by molar-refractivity contribution is 9.10. The van der Waals surface area contributed by atoms with Crippen LogP contribution in [0.1, 0.15) is 26.8 Å². The van der Waals surface area contributed by atoms with Gasteiger partial charge >= 0.3 is 11.8 Å². The Kier molecular flexibility index (Phi) is 9.22. The van der Waals surface area contributed by atoms with E-state index in [9.17, 15) is 19.2 Å². The van der Waals surface area contributed by atoms with E-state index in [2.05, 4.69) is 41.8 Å². The lowest BCUT2D eigenvalue weighted by molar-refractivity contribution is -0.137. The van der Waals surface area contributed by atoms with Gasteiger partial charge in [0.15, 0.2) is 5.01 Å². The lowest BCUT2D eigenvalue weighted by atomic mass is 9.99. The summed E-state index contributed by atoms with van der Waals surface area (Å²) >= 11 is 4.68. The van der Waals surface area contributed by atoms with Crippen LogP contribution >= 0.6 is 39.7 Å². The summed E-state index contributed by atoms with van der Waals surface area (Å²) in [5.41, 5.74) is 1.43. The number of halogens is 2. The van der Waals surface area contributed by atoms with Crippen molar-refractivity contribution < 1.29 is 19.2 Å². The smallest absolute Gasteiger partial charge is 0.313 e. The number of carbonyl (C=O) groups excluding carboxylic acids is 4. The number of nitrogens with one attached hydrogen (secondary N) is 3. The Bertz CT molecular complexity index is 1100. The molecule has 0 bridgehead atoms. The van der Waals surface area contributed by atoms with Crippen molar-refractivity contribution in [3.8, 4) is 0 Å². The van der Waals surface area contributed by atoms with E-state index in [0.29, 0.717) is 23.7 Å². The van der Waals surface area contributed by atoms with E-state index in [1.807, 2.05) is 7.05 Å². The highest BCUT2D eigenvalue weighted by Crippen LogP contribution is 2.24. The second-order valence-corrected chi connectivity index (χ2v) is 10.4. The highest BCUT2D eigenvalue weighted by Gasteiger charge is 2.33. The number of rotatable bonds is 5. The number of thiazole rings is 1. The monoisotopic (exact) mass is 584 g/mol. The van der Waals surface area contributed by atoms with E-state index in [1.54, 1.807) is 24.3 Å². The van der Waals surface area contributed by atoms with Crippen LogP contribution in [0.25, 0.3) is 0 Å². The van der Waals surface area contributed by atoms with Crippen molar-refractivity contribution in [2.45, 2.75) is 31.5 Å². The Morgan fingerprint density at radius 3 is 2.57 bits per heavy atom. The Labute approximate surface area is 221 Å². The number of amides is 4. The Morgan fingerprint density at radius 1 is 1.11 bits per heavy atom. The molecule has 10 nitrogen and oxygen atoms in total. The molecule has 1 saturated heterocycles. The molecule has 0 saturated carbocycles. The number of hydrogen-bond donors (Lipinski definition) is 3. The molecule has 2 aromatic rings. The van der Waals surface area contributed by atoms with Gasteiger partial charge in [0.1, 0.15) is 0 Å². The predicted molar refractivity (Wildman–Crippen MR) is 138 cm³/mol. The first-order valence-corrected chi connectivity index (χ1v) is 12.5. The second kappa shape index (κ2) is 11.9. The first-order valence-electron chi connectivity index (χ1n) is 10.9. The molecule has 1 aromatic carbocycles. The zero-order valence-corrected chi connectivity index (χ0v) is 22.2. The molecule has 1 fully saturated rings. The van der Waals surface area contributed by atoms with Gasteiger partial charge in [-0.25, -0.2) is 4.98 Å². The van der Waals surface area contributed by atoms with Gasteiger partial charge in [-0.1, -0.05) is 15.9 Å². The van der Waals surface area contributed by atoms with Gasteiger partial charge in [-0.2, -0.15) is 0 Å². The van der Waals surface area contributed by atoms with Crippen molar-refractivity contribution in [2.75, 3.05) is 32.0 Å². The van der Waals surface area contributed by atoms with Crippen molar-refractivity contribution in [3.63, 3.8) is 0 Å².